The molecule has 2 aliphatic heterocycles. The lowest BCUT2D eigenvalue weighted by Gasteiger charge is -2.43. The summed E-state index contributed by atoms with van der Waals surface area (Å²) in [4.78, 5) is 0. The fourth-order valence-electron chi connectivity index (χ4n) is 3.13. The van der Waals surface area contributed by atoms with Crippen LogP contribution in [0.5, 0.6) is 5.75 Å². The van der Waals surface area contributed by atoms with Crippen molar-refractivity contribution < 1.29 is 14.2 Å². The molecule has 0 aliphatic carbocycles. The largest absolute Gasteiger partial charge is 0.489 e. The van der Waals surface area contributed by atoms with Gasteiger partial charge in [0, 0.05) is 31.6 Å². The Morgan fingerprint density at radius 2 is 2.10 bits per heavy atom. The molecule has 21 heavy (non-hydrogen) atoms. The van der Waals surface area contributed by atoms with Gasteiger partial charge in [-0.05, 0) is 34.8 Å². The van der Waals surface area contributed by atoms with Crippen molar-refractivity contribution in [1.29, 1.82) is 0 Å². The van der Waals surface area contributed by atoms with E-state index in [0.29, 0.717) is 5.88 Å². The fourth-order valence-corrected chi connectivity index (χ4v) is 3.84. The van der Waals surface area contributed by atoms with E-state index >= 15 is 0 Å². The Hall–Kier alpha value is -0.290. The molecule has 0 aromatic heterocycles. The maximum absolute atomic E-state index is 6.28. The van der Waals surface area contributed by atoms with Crippen LogP contribution in [0.15, 0.2) is 22.7 Å². The van der Waals surface area contributed by atoms with Crippen molar-refractivity contribution in [3.63, 3.8) is 0 Å². The summed E-state index contributed by atoms with van der Waals surface area (Å²) in [7, 11) is 0. The van der Waals surface area contributed by atoms with Crippen LogP contribution in [0.1, 0.15) is 31.2 Å². The van der Waals surface area contributed by atoms with Crippen LogP contribution in [0.3, 0.4) is 0 Å². The Labute approximate surface area is 139 Å². The van der Waals surface area contributed by atoms with Crippen molar-refractivity contribution in [2.75, 3.05) is 19.8 Å². The number of benzene rings is 1. The molecule has 3 rings (SSSR count). The average molecular weight is 376 g/mol. The summed E-state index contributed by atoms with van der Waals surface area (Å²) in [5.41, 5.74) is 0.974. The highest BCUT2D eigenvalue weighted by Gasteiger charge is 2.40. The number of para-hydroxylation sites is 1. The SMILES string of the molecule is ClCc1cccc(Br)c1OC1CCOC2(CCOCC2)C1. The Kier molecular flexibility index (Phi) is 5.10. The Balaban J connectivity index is 1.73. The number of ether oxygens (including phenoxy) is 3. The third-order valence-corrected chi connectivity index (χ3v) is 5.24. The Morgan fingerprint density at radius 1 is 1.29 bits per heavy atom. The van der Waals surface area contributed by atoms with E-state index in [9.17, 15) is 0 Å². The van der Waals surface area contributed by atoms with Gasteiger partial charge >= 0.3 is 0 Å². The van der Waals surface area contributed by atoms with Crippen LogP contribution in [0, 0.1) is 0 Å². The van der Waals surface area contributed by atoms with Crippen LogP contribution < -0.4 is 4.74 Å². The van der Waals surface area contributed by atoms with Gasteiger partial charge in [-0.2, -0.15) is 0 Å². The van der Waals surface area contributed by atoms with Crippen molar-refractivity contribution in [2.45, 2.75) is 43.3 Å². The third kappa shape index (κ3) is 3.55. The van der Waals surface area contributed by atoms with Crippen LogP contribution in [0.2, 0.25) is 0 Å². The molecule has 3 nitrogen and oxygen atoms in total. The summed E-state index contributed by atoms with van der Waals surface area (Å²) in [6, 6.07) is 5.99. The van der Waals surface area contributed by atoms with E-state index in [4.69, 9.17) is 25.8 Å². The normalized spacial score (nSPS) is 25.0. The molecule has 2 saturated heterocycles. The molecule has 1 unspecified atom stereocenters. The van der Waals surface area contributed by atoms with E-state index in [1.807, 2.05) is 18.2 Å². The first kappa shape index (κ1) is 15.6. The van der Waals surface area contributed by atoms with E-state index in [2.05, 4.69) is 15.9 Å². The zero-order valence-corrected chi connectivity index (χ0v) is 14.3. The van der Waals surface area contributed by atoms with Gasteiger partial charge in [0.05, 0.1) is 22.6 Å². The van der Waals surface area contributed by atoms with Crippen molar-refractivity contribution in [3.8, 4) is 5.75 Å². The summed E-state index contributed by atoms with van der Waals surface area (Å²) in [5.74, 6) is 1.33. The Morgan fingerprint density at radius 3 is 2.86 bits per heavy atom. The molecule has 1 spiro atoms. The average Bonchev–Trinajstić information content (AvgIpc) is 2.50. The summed E-state index contributed by atoms with van der Waals surface area (Å²) < 4.78 is 18.8. The molecule has 2 aliphatic rings. The highest BCUT2D eigenvalue weighted by Crippen LogP contribution is 2.38. The van der Waals surface area contributed by atoms with Crippen molar-refractivity contribution in [1.82, 2.24) is 0 Å². The van der Waals surface area contributed by atoms with Gasteiger partial charge in [-0.15, -0.1) is 11.6 Å². The molecule has 5 heteroatoms. The topological polar surface area (TPSA) is 27.7 Å². The van der Waals surface area contributed by atoms with Crippen LogP contribution in [-0.2, 0) is 15.4 Å². The fraction of sp³-hybridized carbons (Fsp3) is 0.625. The molecule has 2 fully saturated rings. The summed E-state index contributed by atoms with van der Waals surface area (Å²) >= 11 is 9.59. The maximum Gasteiger partial charge on any atom is 0.138 e. The highest BCUT2D eigenvalue weighted by atomic mass is 79.9. The van der Waals surface area contributed by atoms with Crippen molar-refractivity contribution in [3.05, 3.63) is 28.2 Å². The van der Waals surface area contributed by atoms with E-state index in [1.54, 1.807) is 0 Å². The minimum Gasteiger partial charge on any atom is -0.489 e. The zero-order chi connectivity index (χ0) is 14.7. The first-order chi connectivity index (χ1) is 10.2. The molecule has 116 valence electrons. The van der Waals surface area contributed by atoms with Crippen LogP contribution in [0.25, 0.3) is 0 Å². The van der Waals surface area contributed by atoms with Gasteiger partial charge in [-0.3, -0.25) is 0 Å². The van der Waals surface area contributed by atoms with Crippen LogP contribution in [-0.4, -0.2) is 31.5 Å². The second kappa shape index (κ2) is 6.86. The molecule has 0 radical (unpaired) electrons. The standard InChI is InChI=1S/C16H20BrClO3/c17-14-3-1-2-12(11-18)15(14)21-13-4-7-20-16(10-13)5-8-19-9-6-16/h1-3,13H,4-11H2. The third-order valence-electron chi connectivity index (χ3n) is 4.33. The minimum atomic E-state index is -0.0520. The van der Waals surface area contributed by atoms with Crippen LogP contribution >= 0.6 is 27.5 Å². The maximum atomic E-state index is 6.28. The van der Waals surface area contributed by atoms with E-state index in [0.717, 1.165) is 61.3 Å². The second-order valence-electron chi connectivity index (χ2n) is 5.74. The van der Waals surface area contributed by atoms with Gasteiger partial charge < -0.3 is 14.2 Å². The summed E-state index contributed by atoms with van der Waals surface area (Å²) in [6.45, 7) is 2.33. The van der Waals surface area contributed by atoms with Gasteiger partial charge in [0.1, 0.15) is 11.9 Å². The smallest absolute Gasteiger partial charge is 0.138 e. The number of rotatable bonds is 3. The molecule has 1 aromatic rings. The number of alkyl halides is 1. The van der Waals surface area contributed by atoms with Gasteiger partial charge in [-0.1, -0.05) is 12.1 Å². The van der Waals surface area contributed by atoms with Gasteiger partial charge in [-0.25, -0.2) is 0 Å². The van der Waals surface area contributed by atoms with E-state index in [1.165, 1.54) is 0 Å². The van der Waals surface area contributed by atoms with Gasteiger partial charge in [0.25, 0.3) is 0 Å². The molecule has 0 N–H and O–H groups in total. The molecular formula is C16H20BrClO3. The quantitative estimate of drug-likeness (QED) is 0.737. The molecular weight excluding hydrogens is 356 g/mol. The first-order valence-corrected chi connectivity index (χ1v) is 8.77. The van der Waals surface area contributed by atoms with E-state index < -0.39 is 0 Å². The van der Waals surface area contributed by atoms with Crippen molar-refractivity contribution in [2.24, 2.45) is 0 Å². The summed E-state index contributed by atoms with van der Waals surface area (Å²) in [6.07, 6.45) is 3.96. The molecule has 0 bridgehead atoms. The lowest BCUT2D eigenvalue weighted by molar-refractivity contribution is -0.155. The number of halogens is 2. The summed E-state index contributed by atoms with van der Waals surface area (Å²) in [5, 5.41) is 0. The predicted molar refractivity (Wildman–Crippen MR) is 86.1 cm³/mol. The second-order valence-corrected chi connectivity index (χ2v) is 6.86. The van der Waals surface area contributed by atoms with Crippen LogP contribution in [0.4, 0.5) is 0 Å². The number of hydrogen-bond acceptors (Lipinski definition) is 3. The molecule has 2 heterocycles. The van der Waals surface area contributed by atoms with Gasteiger partial charge in [0.2, 0.25) is 0 Å². The number of hydrogen-bond donors (Lipinski definition) is 0. The molecule has 0 amide bonds. The highest BCUT2D eigenvalue weighted by molar-refractivity contribution is 9.10. The Bertz CT molecular complexity index is 483. The molecule has 0 saturated carbocycles. The molecule has 1 atom stereocenters. The minimum absolute atomic E-state index is 0.0520. The van der Waals surface area contributed by atoms with Crippen molar-refractivity contribution >= 4 is 27.5 Å². The lowest BCUT2D eigenvalue weighted by Crippen LogP contribution is -2.47. The predicted octanol–water partition coefficient (Wildman–Crippen LogP) is 4.29. The van der Waals surface area contributed by atoms with Gasteiger partial charge in [0.15, 0.2) is 0 Å². The first-order valence-electron chi connectivity index (χ1n) is 7.44. The lowest BCUT2D eigenvalue weighted by atomic mass is 9.85. The van der Waals surface area contributed by atoms with E-state index in [-0.39, 0.29) is 11.7 Å². The molecule has 1 aromatic carbocycles. The monoisotopic (exact) mass is 374 g/mol. The zero-order valence-electron chi connectivity index (χ0n) is 11.9.